The lowest BCUT2D eigenvalue weighted by Crippen LogP contribution is -2.15. The molecule has 0 radical (unpaired) electrons. The molecule has 2 heterocycles. The van der Waals surface area contributed by atoms with Gasteiger partial charge in [0.2, 0.25) is 22.2 Å². The molecule has 1 amide bonds. The number of carbonyl (C=O) groups excluding carboxylic acids is 2. The molecule has 0 spiro atoms. The number of hydrogen-bond donors (Lipinski definition) is 1. The van der Waals surface area contributed by atoms with Crippen molar-refractivity contribution in [3.63, 3.8) is 0 Å². The van der Waals surface area contributed by atoms with Crippen molar-refractivity contribution < 1.29 is 23.7 Å². The molecule has 1 aliphatic rings. The molecular weight excluding hydrogens is 472 g/mol. The number of anilines is 1. The fourth-order valence-corrected chi connectivity index (χ4v) is 4.33. The zero-order chi connectivity index (χ0) is 23.5. The number of esters is 1. The Morgan fingerprint density at radius 2 is 2.12 bits per heavy atom. The molecule has 1 N–H and O–H groups in total. The second kappa shape index (κ2) is 9.50. The highest BCUT2D eigenvalue weighted by Gasteiger charge is 2.30. The highest BCUT2D eigenvalue weighted by atomic mass is 32.2. The van der Waals surface area contributed by atoms with E-state index in [9.17, 15) is 24.5 Å². The Morgan fingerprint density at radius 1 is 1.33 bits per heavy atom. The van der Waals surface area contributed by atoms with Crippen LogP contribution < -0.4 is 15.5 Å². The van der Waals surface area contributed by atoms with Crippen molar-refractivity contribution in [2.45, 2.75) is 29.9 Å². The van der Waals surface area contributed by atoms with E-state index in [0.717, 1.165) is 25.2 Å². The van der Waals surface area contributed by atoms with E-state index >= 15 is 0 Å². The lowest BCUT2D eigenvalue weighted by atomic mass is 10.1. The van der Waals surface area contributed by atoms with E-state index in [1.807, 2.05) is 0 Å². The number of nitro groups is 1. The van der Waals surface area contributed by atoms with Crippen LogP contribution in [0.2, 0.25) is 0 Å². The summed E-state index contributed by atoms with van der Waals surface area (Å²) < 4.78 is 11.0. The van der Waals surface area contributed by atoms with Gasteiger partial charge >= 0.3 is 5.97 Å². The van der Waals surface area contributed by atoms with E-state index < -0.39 is 16.3 Å². The lowest BCUT2D eigenvalue weighted by molar-refractivity contribution is -0.385. The molecule has 0 saturated heterocycles. The van der Waals surface area contributed by atoms with Crippen molar-refractivity contribution in [3.05, 3.63) is 67.8 Å². The van der Waals surface area contributed by atoms with Crippen molar-refractivity contribution in [2.75, 3.05) is 5.32 Å². The van der Waals surface area contributed by atoms with Crippen LogP contribution >= 0.6 is 23.1 Å². The summed E-state index contributed by atoms with van der Waals surface area (Å²) >= 11 is 2.48. The van der Waals surface area contributed by atoms with Gasteiger partial charge in [-0.15, -0.1) is 10.2 Å². The highest BCUT2D eigenvalue weighted by molar-refractivity contribution is 8.00. The van der Waals surface area contributed by atoms with Crippen molar-refractivity contribution in [1.82, 2.24) is 10.2 Å². The Labute approximate surface area is 194 Å². The van der Waals surface area contributed by atoms with Crippen molar-refractivity contribution in [2.24, 2.45) is 5.92 Å². The maximum atomic E-state index is 12.3. The maximum absolute atomic E-state index is 12.3. The molecule has 0 bridgehead atoms. The Bertz CT molecular complexity index is 1300. The van der Waals surface area contributed by atoms with Crippen LogP contribution in [0.1, 0.15) is 34.5 Å². The van der Waals surface area contributed by atoms with Crippen LogP contribution in [0.4, 0.5) is 10.8 Å². The van der Waals surface area contributed by atoms with Gasteiger partial charge in [0.1, 0.15) is 12.0 Å². The third-order valence-electron chi connectivity index (χ3n) is 4.62. The molecule has 0 unspecified atom stereocenters. The van der Waals surface area contributed by atoms with Crippen molar-refractivity contribution >= 4 is 45.8 Å². The summed E-state index contributed by atoms with van der Waals surface area (Å²) in [5.74, 6) is -0.666. The normalized spacial score (nSPS) is 12.9. The van der Waals surface area contributed by atoms with Crippen molar-refractivity contribution in [3.8, 4) is 5.75 Å². The monoisotopic (exact) mass is 488 g/mol. The number of aryl methyl sites for hydroxylation is 1. The number of rotatable bonds is 8. The zero-order valence-electron chi connectivity index (χ0n) is 17.1. The molecule has 1 saturated carbocycles. The Morgan fingerprint density at radius 3 is 2.82 bits per heavy atom. The number of nitro benzene ring substituents is 1. The van der Waals surface area contributed by atoms with E-state index in [4.69, 9.17) is 9.15 Å². The zero-order valence-corrected chi connectivity index (χ0v) is 18.7. The minimum atomic E-state index is -0.915. The average molecular weight is 489 g/mol. The predicted molar refractivity (Wildman–Crippen MR) is 119 cm³/mol. The molecule has 0 aliphatic heterocycles. The summed E-state index contributed by atoms with van der Waals surface area (Å²) in [4.78, 5) is 46.8. The molecule has 1 fully saturated rings. The quantitative estimate of drug-likeness (QED) is 0.163. The van der Waals surface area contributed by atoms with E-state index in [0.29, 0.717) is 20.8 Å². The molecule has 11 nitrogen and oxygen atoms in total. The number of nitrogens with one attached hydrogen (secondary N) is 1. The number of ether oxygens (including phenoxy) is 1. The van der Waals surface area contributed by atoms with Gasteiger partial charge in [-0.05, 0) is 25.8 Å². The summed E-state index contributed by atoms with van der Waals surface area (Å²) in [6.07, 6.45) is 2.79. The average Bonchev–Trinajstić information content (AvgIpc) is 3.54. The maximum Gasteiger partial charge on any atom is 0.344 e. The molecule has 3 aromatic rings. The minimum absolute atomic E-state index is 0.0564. The molecule has 1 aliphatic carbocycles. The SMILES string of the molecule is Cc1ccc(C(=O)Oc2coc(CSc3nnc(NC(=O)C4CC4)s3)cc2=O)cc1[N+](=O)[O-]. The Kier molecular flexibility index (Phi) is 6.51. The van der Waals surface area contributed by atoms with Crippen LogP contribution in [0.15, 0.2) is 44.1 Å². The van der Waals surface area contributed by atoms with Crippen LogP contribution in [0, 0.1) is 23.0 Å². The number of thioether (sulfide) groups is 1. The van der Waals surface area contributed by atoms with Gasteiger partial charge in [-0.25, -0.2) is 4.79 Å². The lowest BCUT2D eigenvalue weighted by Gasteiger charge is -2.05. The first-order valence-electron chi connectivity index (χ1n) is 9.66. The number of aromatic nitrogens is 2. The Balaban J connectivity index is 1.36. The van der Waals surface area contributed by atoms with Crippen molar-refractivity contribution in [1.29, 1.82) is 0 Å². The summed E-state index contributed by atoms with van der Waals surface area (Å²) in [7, 11) is 0. The molecule has 13 heteroatoms. The molecule has 0 atom stereocenters. The predicted octanol–water partition coefficient (Wildman–Crippen LogP) is 3.57. The third-order valence-corrected chi connectivity index (χ3v) is 6.61. The number of nitrogens with zero attached hydrogens (tertiary/aromatic N) is 3. The summed E-state index contributed by atoms with van der Waals surface area (Å²) in [5.41, 5.74) is -0.477. The number of hydrogen-bond acceptors (Lipinski definition) is 11. The highest BCUT2D eigenvalue weighted by Crippen LogP contribution is 2.32. The van der Waals surface area contributed by atoms with Gasteiger partial charge in [0.05, 0.1) is 16.2 Å². The summed E-state index contributed by atoms with van der Waals surface area (Å²) in [6, 6.07) is 5.08. The molecule has 4 rings (SSSR count). The first kappa shape index (κ1) is 22.6. The Hall–Kier alpha value is -3.58. The van der Waals surface area contributed by atoms with Crippen LogP contribution in [0.3, 0.4) is 0 Å². The number of amides is 1. The van der Waals surface area contributed by atoms with Crippen LogP contribution in [-0.4, -0.2) is 27.0 Å². The van der Waals surface area contributed by atoms with E-state index in [1.165, 1.54) is 41.3 Å². The molecule has 2 aromatic heterocycles. The van der Waals surface area contributed by atoms with E-state index in [2.05, 4.69) is 15.5 Å². The summed E-state index contributed by atoms with van der Waals surface area (Å²) in [5, 5.41) is 22.1. The first-order chi connectivity index (χ1) is 15.8. The number of benzene rings is 1. The topological polar surface area (TPSA) is 155 Å². The molecular formula is C20H16N4O7S2. The fourth-order valence-electron chi connectivity index (χ4n) is 2.69. The van der Waals surface area contributed by atoms with Gasteiger partial charge in [-0.3, -0.25) is 19.7 Å². The molecule has 33 heavy (non-hydrogen) atoms. The largest absolute Gasteiger partial charge is 0.464 e. The first-order valence-corrected chi connectivity index (χ1v) is 11.5. The van der Waals surface area contributed by atoms with Crippen LogP contribution in [0.5, 0.6) is 5.75 Å². The molecule has 170 valence electrons. The summed E-state index contributed by atoms with van der Waals surface area (Å²) in [6.45, 7) is 1.55. The second-order valence-electron chi connectivity index (χ2n) is 7.15. The van der Waals surface area contributed by atoms with Gasteiger partial charge in [-0.2, -0.15) is 0 Å². The standard InChI is InChI=1S/C20H16N4O7S2/c1-10-2-3-12(6-14(10)24(28)29)18(27)31-16-8-30-13(7-15(16)25)9-32-20-23-22-19(33-20)21-17(26)11-4-5-11/h2-3,6-8,11H,4-5,9H2,1H3,(H,21,22,26). The van der Waals surface area contributed by atoms with Crippen LogP contribution in [0.25, 0.3) is 0 Å². The second-order valence-corrected chi connectivity index (χ2v) is 9.35. The van der Waals surface area contributed by atoms with Gasteiger partial charge in [0.15, 0.2) is 4.34 Å². The van der Waals surface area contributed by atoms with E-state index in [1.54, 1.807) is 6.92 Å². The fraction of sp³-hybridized carbons (Fsp3) is 0.250. The van der Waals surface area contributed by atoms with Gasteiger partial charge in [0.25, 0.3) is 5.69 Å². The van der Waals surface area contributed by atoms with Crippen LogP contribution in [-0.2, 0) is 10.5 Å². The van der Waals surface area contributed by atoms with E-state index in [-0.39, 0.29) is 34.6 Å². The van der Waals surface area contributed by atoms with Gasteiger partial charge in [0, 0.05) is 23.6 Å². The molecule has 1 aromatic carbocycles. The minimum Gasteiger partial charge on any atom is -0.464 e. The van der Waals surface area contributed by atoms with Gasteiger partial charge in [-0.1, -0.05) is 29.2 Å². The number of carbonyl (C=O) groups is 2. The smallest absolute Gasteiger partial charge is 0.344 e. The third kappa shape index (κ3) is 5.62. The van der Waals surface area contributed by atoms with Gasteiger partial charge < -0.3 is 14.5 Å².